The Morgan fingerprint density at radius 2 is 2.04 bits per heavy atom. The number of fused-ring (bicyclic) bond motifs is 1. The van der Waals surface area contributed by atoms with E-state index < -0.39 is 10.8 Å². The number of amides is 1. The number of non-ortho nitro benzene ring substituents is 1. The van der Waals surface area contributed by atoms with Crippen LogP contribution in [0.4, 0.5) is 10.8 Å². The van der Waals surface area contributed by atoms with Gasteiger partial charge in [0.25, 0.3) is 11.6 Å². The van der Waals surface area contributed by atoms with Gasteiger partial charge in [0.15, 0.2) is 11.7 Å². The van der Waals surface area contributed by atoms with Gasteiger partial charge in [0.05, 0.1) is 27.8 Å². The van der Waals surface area contributed by atoms with Crippen molar-refractivity contribution >= 4 is 38.3 Å². The Morgan fingerprint density at radius 3 is 2.81 bits per heavy atom. The molecular formula is C17H15N3O5S. The largest absolute Gasteiger partial charge is 0.494 e. The second kappa shape index (κ2) is 7.79. The zero-order valence-corrected chi connectivity index (χ0v) is 14.6. The number of nitrogens with one attached hydrogen (secondary N) is 1. The molecule has 0 saturated carbocycles. The minimum atomic E-state index is -0.523. The summed E-state index contributed by atoms with van der Waals surface area (Å²) in [6.45, 7) is 2.20. The summed E-state index contributed by atoms with van der Waals surface area (Å²) in [7, 11) is 0. The Bertz CT molecular complexity index is 956. The molecule has 0 bridgehead atoms. The van der Waals surface area contributed by atoms with Crippen LogP contribution in [-0.2, 0) is 4.79 Å². The highest BCUT2D eigenvalue weighted by atomic mass is 32.1. The lowest BCUT2D eigenvalue weighted by molar-refractivity contribution is -0.384. The molecule has 1 heterocycles. The molecule has 0 fully saturated rings. The molecule has 0 radical (unpaired) electrons. The lowest BCUT2D eigenvalue weighted by atomic mass is 10.3. The predicted octanol–water partition coefficient (Wildman–Crippen LogP) is 3.62. The summed E-state index contributed by atoms with van der Waals surface area (Å²) in [5.41, 5.74) is 0.660. The van der Waals surface area contributed by atoms with E-state index >= 15 is 0 Å². The van der Waals surface area contributed by atoms with E-state index in [9.17, 15) is 14.9 Å². The summed E-state index contributed by atoms with van der Waals surface area (Å²) in [6, 6.07) is 11.2. The van der Waals surface area contributed by atoms with Gasteiger partial charge in [-0.3, -0.25) is 20.2 Å². The third kappa shape index (κ3) is 4.25. The van der Waals surface area contributed by atoms with Crippen LogP contribution < -0.4 is 14.8 Å². The van der Waals surface area contributed by atoms with Crippen molar-refractivity contribution < 1.29 is 19.2 Å². The number of carbonyl (C=O) groups is 1. The topological polar surface area (TPSA) is 104 Å². The van der Waals surface area contributed by atoms with E-state index in [1.54, 1.807) is 6.07 Å². The van der Waals surface area contributed by atoms with Crippen molar-refractivity contribution in [1.82, 2.24) is 4.98 Å². The van der Waals surface area contributed by atoms with E-state index in [1.165, 1.54) is 29.5 Å². The van der Waals surface area contributed by atoms with Gasteiger partial charge in [0.1, 0.15) is 11.5 Å². The number of carbonyl (C=O) groups excluding carboxylic acids is 1. The van der Waals surface area contributed by atoms with Crippen LogP contribution in [0.15, 0.2) is 42.5 Å². The summed E-state index contributed by atoms with van der Waals surface area (Å²) in [5, 5.41) is 13.8. The smallest absolute Gasteiger partial charge is 0.273 e. The average Bonchev–Trinajstić information content (AvgIpc) is 3.02. The number of anilines is 1. The molecule has 8 nitrogen and oxygen atoms in total. The summed E-state index contributed by atoms with van der Waals surface area (Å²) >= 11 is 1.33. The van der Waals surface area contributed by atoms with E-state index in [1.807, 2.05) is 25.1 Å². The number of aromatic nitrogens is 1. The van der Waals surface area contributed by atoms with Gasteiger partial charge in [-0.15, -0.1) is 0 Å². The molecule has 0 aliphatic carbocycles. The summed E-state index contributed by atoms with van der Waals surface area (Å²) in [5.74, 6) is 0.594. The molecule has 0 atom stereocenters. The second-order valence-electron chi connectivity index (χ2n) is 5.17. The number of thiazole rings is 1. The number of hydrogen-bond donors (Lipinski definition) is 1. The fraction of sp³-hybridized carbons (Fsp3) is 0.176. The van der Waals surface area contributed by atoms with E-state index in [2.05, 4.69) is 10.3 Å². The molecule has 0 unspecified atom stereocenters. The van der Waals surface area contributed by atoms with Crippen LogP contribution in [0.2, 0.25) is 0 Å². The van der Waals surface area contributed by atoms with Crippen LogP contribution in [0.5, 0.6) is 11.5 Å². The summed E-state index contributed by atoms with van der Waals surface area (Å²) < 4.78 is 11.6. The van der Waals surface area contributed by atoms with Crippen molar-refractivity contribution in [3.05, 3.63) is 52.6 Å². The third-order valence-electron chi connectivity index (χ3n) is 3.32. The Hall–Kier alpha value is -3.20. The lowest BCUT2D eigenvalue weighted by Gasteiger charge is -2.05. The summed E-state index contributed by atoms with van der Waals surface area (Å²) in [6.07, 6.45) is 0. The fourth-order valence-corrected chi connectivity index (χ4v) is 3.12. The summed E-state index contributed by atoms with van der Waals surface area (Å²) in [4.78, 5) is 26.6. The van der Waals surface area contributed by atoms with Gasteiger partial charge in [0.2, 0.25) is 0 Å². The van der Waals surface area contributed by atoms with Gasteiger partial charge >= 0.3 is 0 Å². The number of nitro benzene ring substituents is 1. The van der Waals surface area contributed by atoms with Crippen LogP contribution in [0.25, 0.3) is 10.2 Å². The van der Waals surface area contributed by atoms with Crippen molar-refractivity contribution in [2.75, 3.05) is 18.5 Å². The molecule has 3 aromatic rings. The maximum atomic E-state index is 12.0. The maximum absolute atomic E-state index is 12.0. The monoisotopic (exact) mass is 373 g/mol. The Balaban J connectivity index is 1.62. The van der Waals surface area contributed by atoms with E-state index in [0.29, 0.717) is 11.7 Å². The molecule has 1 aromatic heterocycles. The van der Waals surface area contributed by atoms with Gasteiger partial charge < -0.3 is 9.47 Å². The van der Waals surface area contributed by atoms with E-state index in [-0.39, 0.29) is 18.0 Å². The molecule has 0 aliphatic heterocycles. The van der Waals surface area contributed by atoms with Crippen LogP contribution >= 0.6 is 11.3 Å². The zero-order chi connectivity index (χ0) is 18.5. The first-order valence-electron chi connectivity index (χ1n) is 7.75. The molecular weight excluding hydrogens is 358 g/mol. The van der Waals surface area contributed by atoms with Gasteiger partial charge in [-0.25, -0.2) is 4.98 Å². The Morgan fingerprint density at radius 1 is 1.23 bits per heavy atom. The van der Waals surface area contributed by atoms with Gasteiger partial charge in [-0.1, -0.05) is 17.4 Å². The quantitative estimate of drug-likeness (QED) is 0.501. The van der Waals surface area contributed by atoms with Crippen molar-refractivity contribution in [2.45, 2.75) is 6.92 Å². The molecule has 9 heteroatoms. The van der Waals surface area contributed by atoms with Crippen molar-refractivity contribution in [3.63, 3.8) is 0 Å². The first-order valence-corrected chi connectivity index (χ1v) is 8.57. The van der Waals surface area contributed by atoms with E-state index in [0.717, 1.165) is 16.0 Å². The number of hydrogen-bond acceptors (Lipinski definition) is 7. The number of ether oxygens (including phenoxy) is 2. The lowest BCUT2D eigenvalue weighted by Crippen LogP contribution is -2.20. The fourth-order valence-electron chi connectivity index (χ4n) is 2.21. The highest BCUT2D eigenvalue weighted by Gasteiger charge is 2.11. The molecule has 2 aromatic carbocycles. The number of nitro groups is 1. The molecule has 1 amide bonds. The molecule has 134 valence electrons. The Labute approximate surface area is 152 Å². The maximum Gasteiger partial charge on any atom is 0.273 e. The SMILES string of the molecule is CCOc1ccc2nc(NC(=O)COc3cccc([N+](=O)[O-])c3)sc2c1. The number of benzene rings is 2. The first kappa shape index (κ1) is 17.6. The van der Waals surface area contributed by atoms with Crippen molar-refractivity contribution in [3.8, 4) is 11.5 Å². The van der Waals surface area contributed by atoms with Gasteiger partial charge in [0, 0.05) is 6.07 Å². The highest BCUT2D eigenvalue weighted by Crippen LogP contribution is 2.29. The van der Waals surface area contributed by atoms with Crippen molar-refractivity contribution in [1.29, 1.82) is 0 Å². The molecule has 0 aliphatic rings. The zero-order valence-electron chi connectivity index (χ0n) is 13.8. The van der Waals surface area contributed by atoms with E-state index in [4.69, 9.17) is 9.47 Å². The van der Waals surface area contributed by atoms with Crippen LogP contribution in [-0.4, -0.2) is 29.0 Å². The minimum Gasteiger partial charge on any atom is -0.494 e. The van der Waals surface area contributed by atoms with Crippen LogP contribution in [0, 0.1) is 10.1 Å². The molecule has 0 spiro atoms. The van der Waals surface area contributed by atoms with Gasteiger partial charge in [-0.05, 0) is 31.2 Å². The van der Waals surface area contributed by atoms with Gasteiger partial charge in [-0.2, -0.15) is 0 Å². The number of rotatable bonds is 7. The van der Waals surface area contributed by atoms with Crippen LogP contribution in [0.3, 0.4) is 0 Å². The Kier molecular flexibility index (Phi) is 5.28. The highest BCUT2D eigenvalue weighted by molar-refractivity contribution is 7.22. The molecule has 1 N–H and O–H groups in total. The molecule has 26 heavy (non-hydrogen) atoms. The third-order valence-corrected chi connectivity index (χ3v) is 4.25. The van der Waals surface area contributed by atoms with Crippen LogP contribution in [0.1, 0.15) is 6.92 Å². The van der Waals surface area contributed by atoms with Crippen molar-refractivity contribution in [2.24, 2.45) is 0 Å². The average molecular weight is 373 g/mol. The first-order chi connectivity index (χ1) is 12.5. The minimum absolute atomic E-state index is 0.0980. The standard InChI is InChI=1S/C17H15N3O5S/c1-2-24-13-6-7-14-15(9-13)26-17(18-14)19-16(21)10-25-12-5-3-4-11(8-12)20(22)23/h3-9H,2,10H2,1H3,(H,18,19,21). The number of nitrogens with zero attached hydrogens (tertiary/aromatic N) is 2. The second-order valence-corrected chi connectivity index (χ2v) is 6.20. The normalized spacial score (nSPS) is 10.5. The molecule has 3 rings (SSSR count). The molecule has 0 saturated heterocycles. The predicted molar refractivity (Wildman–Crippen MR) is 98.0 cm³/mol.